The Balaban J connectivity index is 1.91. The molecule has 1 amide bonds. The van der Waals surface area contributed by atoms with E-state index < -0.39 is 0 Å². The number of nitrogens with one attached hydrogen (secondary N) is 1. The lowest BCUT2D eigenvalue weighted by atomic mass is 10.1. The Hall–Kier alpha value is -2.96. The van der Waals surface area contributed by atoms with Gasteiger partial charge in [0.05, 0.1) is 5.69 Å². The fourth-order valence-electron chi connectivity index (χ4n) is 2.56. The minimum absolute atomic E-state index is 0.0962. The predicted molar refractivity (Wildman–Crippen MR) is 95.4 cm³/mol. The first-order valence-corrected chi connectivity index (χ1v) is 8.44. The first-order chi connectivity index (χ1) is 12.1. The zero-order valence-electron chi connectivity index (χ0n) is 14.4. The van der Waals surface area contributed by atoms with E-state index in [1.54, 1.807) is 6.07 Å². The molecule has 25 heavy (non-hydrogen) atoms. The minimum Gasteiger partial charge on any atom is -0.355 e. The van der Waals surface area contributed by atoms with Gasteiger partial charge < -0.3 is 5.32 Å². The number of carbonyl (C=O) groups is 1. The number of fused-ring (bicyclic) bond motifs is 1. The number of aryl methyl sites for hydroxylation is 1. The average molecular weight is 339 g/mol. The van der Waals surface area contributed by atoms with Crippen LogP contribution in [0.25, 0.3) is 16.8 Å². The second-order valence-electron chi connectivity index (χ2n) is 5.85. The van der Waals surface area contributed by atoms with Crippen LogP contribution >= 0.6 is 0 Å². The molecule has 0 unspecified atom stereocenters. The molecule has 2 aromatic heterocycles. The van der Waals surface area contributed by atoms with Crippen molar-refractivity contribution in [2.24, 2.45) is 0 Å². The van der Waals surface area contributed by atoms with E-state index in [0.717, 1.165) is 23.1 Å². The summed E-state index contributed by atoms with van der Waals surface area (Å²) in [5.41, 5.74) is 2.95. The summed E-state index contributed by atoms with van der Waals surface area (Å²) in [6, 6.07) is 9.81. The zero-order valence-corrected chi connectivity index (χ0v) is 14.4. The SMILES string of the molecule is CCCNC(=O)Cn1ncn2nc(-c3ccc(CC)cc3)cc2c1=O. The Bertz CT molecular complexity index is 940. The van der Waals surface area contributed by atoms with Gasteiger partial charge in [0.25, 0.3) is 5.56 Å². The second-order valence-corrected chi connectivity index (χ2v) is 5.85. The summed E-state index contributed by atoms with van der Waals surface area (Å²) in [5, 5.41) is 11.2. The van der Waals surface area contributed by atoms with Crippen LogP contribution in [0.1, 0.15) is 25.8 Å². The summed E-state index contributed by atoms with van der Waals surface area (Å²) in [4.78, 5) is 24.4. The molecule has 1 N–H and O–H groups in total. The van der Waals surface area contributed by atoms with E-state index in [-0.39, 0.29) is 18.0 Å². The van der Waals surface area contributed by atoms with Crippen LogP contribution in [0.15, 0.2) is 41.5 Å². The number of amides is 1. The fourth-order valence-corrected chi connectivity index (χ4v) is 2.56. The summed E-state index contributed by atoms with van der Waals surface area (Å²) < 4.78 is 2.61. The molecular weight excluding hydrogens is 318 g/mol. The molecule has 0 saturated heterocycles. The van der Waals surface area contributed by atoms with Gasteiger partial charge in [0.2, 0.25) is 5.91 Å². The highest BCUT2D eigenvalue weighted by Crippen LogP contribution is 2.19. The van der Waals surface area contributed by atoms with Crippen molar-refractivity contribution in [3.05, 3.63) is 52.6 Å². The Labute approximate surface area is 145 Å². The summed E-state index contributed by atoms with van der Waals surface area (Å²) in [6.07, 6.45) is 3.27. The van der Waals surface area contributed by atoms with Crippen LogP contribution in [0, 0.1) is 0 Å². The van der Waals surface area contributed by atoms with Crippen molar-refractivity contribution >= 4 is 11.4 Å². The lowest BCUT2D eigenvalue weighted by Crippen LogP contribution is -2.34. The molecule has 1 aromatic carbocycles. The number of carbonyl (C=O) groups excluding carboxylic acids is 1. The summed E-state index contributed by atoms with van der Waals surface area (Å²) >= 11 is 0. The van der Waals surface area contributed by atoms with E-state index in [9.17, 15) is 9.59 Å². The third-order valence-electron chi connectivity index (χ3n) is 4.01. The first-order valence-electron chi connectivity index (χ1n) is 8.44. The quantitative estimate of drug-likeness (QED) is 0.740. The van der Waals surface area contributed by atoms with Crippen LogP contribution in [0.4, 0.5) is 0 Å². The fraction of sp³-hybridized carbons (Fsp3) is 0.333. The van der Waals surface area contributed by atoms with Crippen LogP contribution in [0.3, 0.4) is 0 Å². The Kier molecular flexibility index (Phi) is 4.92. The molecular formula is C18H21N5O2. The van der Waals surface area contributed by atoms with Crippen LogP contribution in [0.2, 0.25) is 0 Å². The average Bonchev–Trinajstić information content (AvgIpc) is 3.07. The number of rotatable bonds is 6. The normalized spacial score (nSPS) is 11.0. The topological polar surface area (TPSA) is 81.3 Å². The maximum Gasteiger partial charge on any atom is 0.293 e. The van der Waals surface area contributed by atoms with Gasteiger partial charge in [-0.25, -0.2) is 9.20 Å². The van der Waals surface area contributed by atoms with Gasteiger partial charge in [-0.05, 0) is 24.5 Å². The number of aromatic nitrogens is 4. The molecule has 130 valence electrons. The molecule has 3 aromatic rings. The summed E-state index contributed by atoms with van der Waals surface area (Å²) in [6.45, 7) is 4.56. The molecule has 0 bridgehead atoms. The maximum absolute atomic E-state index is 12.5. The molecule has 7 nitrogen and oxygen atoms in total. The molecule has 2 heterocycles. The molecule has 7 heteroatoms. The van der Waals surface area contributed by atoms with E-state index in [2.05, 4.69) is 22.4 Å². The first kappa shape index (κ1) is 16.9. The molecule has 0 aliphatic carbocycles. The minimum atomic E-state index is -0.335. The van der Waals surface area contributed by atoms with Gasteiger partial charge in [-0.2, -0.15) is 10.2 Å². The van der Waals surface area contributed by atoms with Gasteiger partial charge in [0, 0.05) is 12.1 Å². The van der Waals surface area contributed by atoms with Crippen LogP contribution < -0.4 is 10.9 Å². The second kappa shape index (κ2) is 7.29. The predicted octanol–water partition coefficient (Wildman–Crippen LogP) is 1.65. The lowest BCUT2D eigenvalue weighted by Gasteiger charge is -2.05. The third kappa shape index (κ3) is 3.60. The highest BCUT2D eigenvalue weighted by molar-refractivity contribution is 5.75. The monoisotopic (exact) mass is 339 g/mol. The number of hydrogen-bond acceptors (Lipinski definition) is 4. The van der Waals surface area contributed by atoms with Crippen molar-refractivity contribution in [1.29, 1.82) is 0 Å². The van der Waals surface area contributed by atoms with E-state index in [4.69, 9.17) is 0 Å². The molecule has 3 rings (SSSR count). The van der Waals surface area contributed by atoms with Gasteiger partial charge >= 0.3 is 0 Å². The van der Waals surface area contributed by atoms with Gasteiger partial charge in [0.1, 0.15) is 18.4 Å². The summed E-state index contributed by atoms with van der Waals surface area (Å²) in [5.74, 6) is -0.226. The van der Waals surface area contributed by atoms with Crippen molar-refractivity contribution in [1.82, 2.24) is 24.7 Å². The highest BCUT2D eigenvalue weighted by Gasteiger charge is 2.12. The van der Waals surface area contributed by atoms with Gasteiger partial charge in [-0.15, -0.1) is 0 Å². The molecule has 0 radical (unpaired) electrons. The Morgan fingerprint density at radius 3 is 2.64 bits per heavy atom. The smallest absolute Gasteiger partial charge is 0.293 e. The van der Waals surface area contributed by atoms with Crippen molar-refractivity contribution < 1.29 is 4.79 Å². The van der Waals surface area contributed by atoms with Gasteiger partial charge in [-0.3, -0.25) is 9.59 Å². The van der Waals surface area contributed by atoms with Crippen molar-refractivity contribution in [2.75, 3.05) is 6.54 Å². The van der Waals surface area contributed by atoms with E-state index in [0.29, 0.717) is 17.8 Å². The molecule has 0 fully saturated rings. The third-order valence-corrected chi connectivity index (χ3v) is 4.01. The van der Waals surface area contributed by atoms with Crippen LogP contribution in [-0.4, -0.2) is 31.8 Å². The van der Waals surface area contributed by atoms with Crippen LogP contribution in [0.5, 0.6) is 0 Å². The number of hydrogen-bond donors (Lipinski definition) is 1. The lowest BCUT2D eigenvalue weighted by molar-refractivity contribution is -0.121. The van der Waals surface area contributed by atoms with Gasteiger partial charge in [-0.1, -0.05) is 38.1 Å². The van der Waals surface area contributed by atoms with E-state index in [1.165, 1.54) is 16.4 Å². The van der Waals surface area contributed by atoms with Crippen LogP contribution in [-0.2, 0) is 17.8 Å². The van der Waals surface area contributed by atoms with E-state index in [1.807, 2.05) is 31.2 Å². The molecule has 0 aliphatic heterocycles. The number of nitrogens with zero attached hydrogens (tertiary/aromatic N) is 4. The summed E-state index contributed by atoms with van der Waals surface area (Å²) in [7, 11) is 0. The highest BCUT2D eigenvalue weighted by atomic mass is 16.2. The number of benzene rings is 1. The zero-order chi connectivity index (χ0) is 17.8. The molecule has 0 saturated carbocycles. The van der Waals surface area contributed by atoms with Crippen molar-refractivity contribution in [2.45, 2.75) is 33.2 Å². The molecule has 0 aliphatic rings. The maximum atomic E-state index is 12.5. The largest absolute Gasteiger partial charge is 0.355 e. The van der Waals surface area contributed by atoms with Crippen molar-refractivity contribution in [3.63, 3.8) is 0 Å². The van der Waals surface area contributed by atoms with Gasteiger partial charge in [0.15, 0.2) is 0 Å². The Morgan fingerprint density at radius 1 is 1.20 bits per heavy atom. The molecule has 0 atom stereocenters. The Morgan fingerprint density at radius 2 is 1.96 bits per heavy atom. The standard InChI is InChI=1S/C18H21N5O2/c1-3-9-19-17(24)11-22-18(25)16-10-15(21-23(16)12-20-22)14-7-5-13(4-2)6-8-14/h5-8,10,12H,3-4,9,11H2,1-2H3,(H,19,24). The molecule has 0 spiro atoms. The van der Waals surface area contributed by atoms with Crippen molar-refractivity contribution in [3.8, 4) is 11.3 Å². The van der Waals surface area contributed by atoms with E-state index >= 15 is 0 Å².